The minimum atomic E-state index is -0.717. The molecular formula is C12H16FNO2. The van der Waals surface area contributed by atoms with Crippen molar-refractivity contribution in [3.63, 3.8) is 0 Å². The first-order chi connectivity index (χ1) is 7.51. The van der Waals surface area contributed by atoms with E-state index in [1.165, 1.54) is 18.2 Å². The summed E-state index contributed by atoms with van der Waals surface area (Å²) in [5.41, 5.74) is 5.90. The lowest BCUT2D eigenvalue weighted by molar-refractivity contribution is 0.0959. The molecule has 1 fully saturated rings. The van der Waals surface area contributed by atoms with Gasteiger partial charge in [0.15, 0.2) is 0 Å². The molecule has 0 spiro atoms. The van der Waals surface area contributed by atoms with Crippen molar-refractivity contribution in [2.45, 2.75) is 37.3 Å². The molecule has 0 heterocycles. The van der Waals surface area contributed by atoms with Crippen LogP contribution in [-0.4, -0.2) is 16.3 Å². The zero-order valence-corrected chi connectivity index (χ0v) is 8.99. The van der Waals surface area contributed by atoms with Gasteiger partial charge in [0, 0.05) is 11.1 Å². The first-order valence-electron chi connectivity index (χ1n) is 5.47. The summed E-state index contributed by atoms with van der Waals surface area (Å²) in [4.78, 5) is 0. The van der Waals surface area contributed by atoms with Gasteiger partial charge in [0.05, 0.1) is 6.10 Å². The van der Waals surface area contributed by atoms with E-state index in [0.29, 0.717) is 31.2 Å². The SMILES string of the molecule is NC1(c2cc(F)ccc2O)CCC(O)CC1. The summed E-state index contributed by atoms with van der Waals surface area (Å²) in [6.45, 7) is 0. The molecule has 0 unspecified atom stereocenters. The Bertz CT molecular complexity index is 387. The predicted molar refractivity (Wildman–Crippen MR) is 58.4 cm³/mol. The first-order valence-corrected chi connectivity index (χ1v) is 5.47. The van der Waals surface area contributed by atoms with Gasteiger partial charge in [0.2, 0.25) is 0 Å². The van der Waals surface area contributed by atoms with Gasteiger partial charge < -0.3 is 15.9 Å². The molecule has 1 aliphatic carbocycles. The Morgan fingerprint density at radius 1 is 1.31 bits per heavy atom. The monoisotopic (exact) mass is 225 g/mol. The molecule has 0 radical (unpaired) electrons. The zero-order chi connectivity index (χ0) is 11.8. The molecule has 16 heavy (non-hydrogen) atoms. The van der Waals surface area contributed by atoms with Crippen LogP contribution in [0.1, 0.15) is 31.2 Å². The molecule has 4 heteroatoms. The molecule has 1 aliphatic rings. The van der Waals surface area contributed by atoms with Gasteiger partial charge in [-0.25, -0.2) is 4.39 Å². The summed E-state index contributed by atoms with van der Waals surface area (Å²) >= 11 is 0. The molecule has 0 aromatic heterocycles. The second-order valence-electron chi connectivity index (χ2n) is 4.55. The lowest BCUT2D eigenvalue weighted by Gasteiger charge is -2.36. The maximum atomic E-state index is 13.1. The van der Waals surface area contributed by atoms with Gasteiger partial charge >= 0.3 is 0 Å². The quantitative estimate of drug-likeness (QED) is 0.680. The van der Waals surface area contributed by atoms with Gasteiger partial charge in [0.1, 0.15) is 11.6 Å². The Balaban J connectivity index is 2.32. The largest absolute Gasteiger partial charge is 0.508 e. The predicted octanol–water partition coefficient (Wildman–Crippen LogP) is 1.62. The third-order valence-electron chi connectivity index (χ3n) is 3.34. The standard InChI is InChI=1S/C12H16FNO2/c13-8-1-2-11(16)10(7-8)12(14)5-3-9(15)4-6-12/h1-2,7,9,15-16H,3-6,14H2. The van der Waals surface area contributed by atoms with E-state index in [1.54, 1.807) is 0 Å². The molecule has 0 amide bonds. The number of aromatic hydroxyl groups is 1. The summed E-state index contributed by atoms with van der Waals surface area (Å²) in [6, 6.07) is 3.82. The Morgan fingerprint density at radius 3 is 2.56 bits per heavy atom. The summed E-state index contributed by atoms with van der Waals surface area (Å²) in [7, 11) is 0. The molecule has 4 N–H and O–H groups in total. The molecular weight excluding hydrogens is 209 g/mol. The van der Waals surface area contributed by atoms with E-state index in [-0.39, 0.29) is 11.9 Å². The smallest absolute Gasteiger partial charge is 0.123 e. The van der Waals surface area contributed by atoms with E-state index in [1.807, 2.05) is 0 Å². The highest BCUT2D eigenvalue weighted by Gasteiger charge is 2.34. The summed E-state index contributed by atoms with van der Waals surface area (Å²) in [5, 5.41) is 19.1. The number of halogens is 1. The van der Waals surface area contributed by atoms with Crippen LogP contribution in [0.15, 0.2) is 18.2 Å². The summed E-state index contributed by atoms with van der Waals surface area (Å²) < 4.78 is 13.1. The lowest BCUT2D eigenvalue weighted by atomic mass is 9.76. The number of nitrogens with two attached hydrogens (primary N) is 1. The number of hydrogen-bond donors (Lipinski definition) is 3. The third kappa shape index (κ3) is 2.03. The van der Waals surface area contributed by atoms with Gasteiger partial charge in [-0.2, -0.15) is 0 Å². The van der Waals surface area contributed by atoms with Crippen molar-refractivity contribution in [2.75, 3.05) is 0 Å². The first kappa shape index (κ1) is 11.4. The minimum absolute atomic E-state index is 0.0280. The van der Waals surface area contributed by atoms with Crippen molar-refractivity contribution >= 4 is 0 Å². The number of phenolic OH excluding ortho intramolecular Hbond substituents is 1. The molecule has 1 saturated carbocycles. The van der Waals surface area contributed by atoms with Crippen LogP contribution in [0, 0.1) is 5.82 Å². The van der Waals surface area contributed by atoms with Crippen molar-refractivity contribution < 1.29 is 14.6 Å². The van der Waals surface area contributed by atoms with E-state index in [9.17, 15) is 14.6 Å². The van der Waals surface area contributed by atoms with Crippen LogP contribution in [0.2, 0.25) is 0 Å². The maximum Gasteiger partial charge on any atom is 0.123 e. The second-order valence-corrected chi connectivity index (χ2v) is 4.55. The van der Waals surface area contributed by atoms with Gasteiger partial charge in [-0.1, -0.05) is 0 Å². The van der Waals surface area contributed by atoms with E-state index in [4.69, 9.17) is 5.73 Å². The molecule has 2 rings (SSSR count). The molecule has 88 valence electrons. The van der Waals surface area contributed by atoms with Crippen LogP contribution in [0.3, 0.4) is 0 Å². The fraction of sp³-hybridized carbons (Fsp3) is 0.500. The van der Waals surface area contributed by atoms with E-state index < -0.39 is 11.4 Å². The second kappa shape index (κ2) is 4.03. The molecule has 3 nitrogen and oxygen atoms in total. The fourth-order valence-corrected chi connectivity index (χ4v) is 2.29. The number of rotatable bonds is 1. The van der Waals surface area contributed by atoms with E-state index in [0.717, 1.165) is 0 Å². The Labute approximate surface area is 93.7 Å². The number of aliphatic hydroxyl groups is 1. The highest BCUT2D eigenvalue weighted by Crippen LogP contribution is 2.39. The molecule has 0 saturated heterocycles. The van der Waals surface area contributed by atoms with E-state index >= 15 is 0 Å². The van der Waals surface area contributed by atoms with Crippen LogP contribution in [0.4, 0.5) is 4.39 Å². The topological polar surface area (TPSA) is 66.5 Å². The Hall–Kier alpha value is -1.13. The van der Waals surface area contributed by atoms with Gasteiger partial charge in [-0.15, -0.1) is 0 Å². The average Bonchev–Trinajstić information content (AvgIpc) is 2.26. The maximum absolute atomic E-state index is 13.1. The number of benzene rings is 1. The van der Waals surface area contributed by atoms with Crippen LogP contribution in [0.5, 0.6) is 5.75 Å². The third-order valence-corrected chi connectivity index (χ3v) is 3.34. The number of aliphatic hydroxyl groups excluding tert-OH is 1. The fourth-order valence-electron chi connectivity index (χ4n) is 2.29. The van der Waals surface area contributed by atoms with E-state index in [2.05, 4.69) is 0 Å². The van der Waals surface area contributed by atoms with Crippen molar-refractivity contribution in [1.29, 1.82) is 0 Å². The van der Waals surface area contributed by atoms with Crippen molar-refractivity contribution in [3.05, 3.63) is 29.6 Å². The van der Waals surface area contributed by atoms with Crippen molar-refractivity contribution in [3.8, 4) is 5.75 Å². The number of phenols is 1. The van der Waals surface area contributed by atoms with Crippen LogP contribution in [0.25, 0.3) is 0 Å². The number of hydrogen-bond acceptors (Lipinski definition) is 3. The van der Waals surface area contributed by atoms with Crippen LogP contribution < -0.4 is 5.73 Å². The Kier molecular flexibility index (Phi) is 2.86. The molecule has 0 bridgehead atoms. The van der Waals surface area contributed by atoms with Gasteiger partial charge in [-0.3, -0.25) is 0 Å². The summed E-state index contributed by atoms with van der Waals surface area (Å²) in [5.74, 6) is -0.371. The highest BCUT2D eigenvalue weighted by atomic mass is 19.1. The van der Waals surface area contributed by atoms with Crippen LogP contribution in [-0.2, 0) is 5.54 Å². The average molecular weight is 225 g/mol. The van der Waals surface area contributed by atoms with Crippen molar-refractivity contribution in [2.24, 2.45) is 5.73 Å². The summed E-state index contributed by atoms with van der Waals surface area (Å²) in [6.07, 6.45) is 1.97. The molecule has 0 atom stereocenters. The molecule has 1 aromatic rings. The highest BCUT2D eigenvalue weighted by molar-refractivity contribution is 5.38. The van der Waals surface area contributed by atoms with Gasteiger partial charge in [-0.05, 0) is 43.9 Å². The van der Waals surface area contributed by atoms with Gasteiger partial charge in [0.25, 0.3) is 0 Å². The minimum Gasteiger partial charge on any atom is -0.508 e. The zero-order valence-electron chi connectivity index (χ0n) is 8.99. The molecule has 0 aliphatic heterocycles. The Morgan fingerprint density at radius 2 is 1.94 bits per heavy atom. The van der Waals surface area contributed by atoms with Crippen molar-refractivity contribution in [1.82, 2.24) is 0 Å². The van der Waals surface area contributed by atoms with Crippen LogP contribution >= 0.6 is 0 Å². The molecule has 1 aromatic carbocycles. The lowest BCUT2D eigenvalue weighted by Crippen LogP contribution is -2.41. The normalized spacial score (nSPS) is 30.3.